The van der Waals surface area contributed by atoms with Crippen LogP contribution < -0.4 is 10.2 Å². The van der Waals surface area contributed by atoms with E-state index < -0.39 is 10.9 Å². The van der Waals surface area contributed by atoms with Crippen LogP contribution in [0.5, 0.6) is 0 Å². The van der Waals surface area contributed by atoms with Gasteiger partial charge in [-0.05, 0) is 43.2 Å². The third kappa shape index (κ3) is 5.02. The van der Waals surface area contributed by atoms with Crippen LogP contribution >= 0.6 is 0 Å². The van der Waals surface area contributed by atoms with Gasteiger partial charge < -0.3 is 15.3 Å². The van der Waals surface area contributed by atoms with Crippen LogP contribution in [0.25, 0.3) is 10.9 Å². The Morgan fingerprint density at radius 2 is 1.71 bits per heavy atom. The first-order valence-electron chi connectivity index (χ1n) is 12.0. The summed E-state index contributed by atoms with van der Waals surface area (Å²) in [5, 5.41) is 24.3. The number of benzene rings is 2. The molecule has 1 saturated carbocycles. The molecule has 5 rings (SSSR count). The summed E-state index contributed by atoms with van der Waals surface area (Å²) in [5.41, 5.74) is 1.38. The van der Waals surface area contributed by atoms with Crippen molar-refractivity contribution in [2.75, 3.05) is 36.4 Å². The summed E-state index contributed by atoms with van der Waals surface area (Å²) in [6, 6.07) is 11.5. The third-order valence-corrected chi connectivity index (χ3v) is 6.96. The zero-order chi connectivity index (χ0) is 24.4. The molecule has 0 amide bonds. The van der Waals surface area contributed by atoms with Crippen molar-refractivity contribution >= 4 is 40.0 Å². The van der Waals surface area contributed by atoms with Gasteiger partial charge >= 0.3 is 5.97 Å². The number of nitrogens with zero attached hydrogens (tertiary/aromatic N) is 5. The van der Waals surface area contributed by atoms with Gasteiger partial charge in [0.15, 0.2) is 0 Å². The van der Waals surface area contributed by atoms with Gasteiger partial charge in [0.2, 0.25) is 5.95 Å². The minimum absolute atomic E-state index is 0.0424. The molecule has 2 fully saturated rings. The molecule has 0 radical (unpaired) electrons. The molecule has 10 heteroatoms. The van der Waals surface area contributed by atoms with Gasteiger partial charge in [-0.3, -0.25) is 15.0 Å². The smallest absolute Gasteiger partial charge is 0.335 e. The molecule has 1 aliphatic carbocycles. The quantitative estimate of drug-likeness (QED) is 0.392. The van der Waals surface area contributed by atoms with Crippen molar-refractivity contribution in [3.63, 3.8) is 0 Å². The summed E-state index contributed by atoms with van der Waals surface area (Å²) in [4.78, 5) is 36.3. The first-order valence-corrected chi connectivity index (χ1v) is 12.0. The van der Waals surface area contributed by atoms with E-state index in [0.717, 1.165) is 26.2 Å². The van der Waals surface area contributed by atoms with Gasteiger partial charge in [0.05, 0.1) is 16.0 Å². The Morgan fingerprint density at radius 1 is 1.00 bits per heavy atom. The molecule has 2 N–H and O–H groups in total. The topological polar surface area (TPSA) is 125 Å². The first-order chi connectivity index (χ1) is 17.0. The molecular weight excluding hydrogens is 448 g/mol. The lowest BCUT2D eigenvalue weighted by atomic mass is 9.94. The Morgan fingerprint density at radius 3 is 2.37 bits per heavy atom. The molecule has 0 unspecified atom stereocenters. The maximum Gasteiger partial charge on any atom is 0.335 e. The second-order valence-electron chi connectivity index (χ2n) is 9.15. The van der Waals surface area contributed by atoms with Crippen molar-refractivity contribution < 1.29 is 14.8 Å². The van der Waals surface area contributed by atoms with Gasteiger partial charge in [-0.15, -0.1) is 0 Å². The summed E-state index contributed by atoms with van der Waals surface area (Å²) < 4.78 is 0. The molecule has 3 aromatic rings. The highest BCUT2D eigenvalue weighted by molar-refractivity contribution is 5.94. The van der Waals surface area contributed by atoms with Crippen LogP contribution in [-0.2, 0) is 0 Å². The highest BCUT2D eigenvalue weighted by Gasteiger charge is 2.26. The number of nitro groups is 1. The summed E-state index contributed by atoms with van der Waals surface area (Å²) in [7, 11) is 0. The van der Waals surface area contributed by atoms with Gasteiger partial charge in [-0.25, -0.2) is 9.78 Å². The Balaban J connectivity index is 1.43. The van der Waals surface area contributed by atoms with Gasteiger partial charge in [0, 0.05) is 55.4 Å². The second-order valence-corrected chi connectivity index (χ2v) is 9.15. The lowest BCUT2D eigenvalue weighted by molar-refractivity contribution is -0.384. The van der Waals surface area contributed by atoms with Gasteiger partial charge in [0.25, 0.3) is 5.69 Å². The molecule has 1 saturated heterocycles. The number of carbonyl (C=O) groups is 1. The number of aromatic carboxylic acids is 1. The predicted molar refractivity (Wildman–Crippen MR) is 134 cm³/mol. The number of anilines is 3. The van der Waals surface area contributed by atoms with E-state index in [0.29, 0.717) is 34.4 Å². The lowest BCUT2D eigenvalue weighted by Crippen LogP contribution is -2.51. The fraction of sp³-hybridized carbons (Fsp3) is 0.400. The van der Waals surface area contributed by atoms with Crippen molar-refractivity contribution in [2.45, 2.75) is 38.1 Å². The number of non-ortho nitro benzene ring substituents is 1. The number of fused-ring (bicyclic) bond motifs is 1. The molecule has 1 aliphatic heterocycles. The van der Waals surface area contributed by atoms with Crippen LogP contribution in [0.3, 0.4) is 0 Å². The average Bonchev–Trinajstić information content (AvgIpc) is 2.89. The molecule has 0 atom stereocenters. The molecule has 2 aliphatic rings. The zero-order valence-corrected chi connectivity index (χ0v) is 19.4. The van der Waals surface area contributed by atoms with E-state index in [9.17, 15) is 14.9 Å². The first kappa shape index (κ1) is 23.0. The Hall–Kier alpha value is -3.79. The van der Waals surface area contributed by atoms with Gasteiger partial charge in [0.1, 0.15) is 5.82 Å². The largest absolute Gasteiger partial charge is 0.478 e. The fourth-order valence-electron chi connectivity index (χ4n) is 5.02. The van der Waals surface area contributed by atoms with E-state index >= 15 is 0 Å². The Bertz CT molecular complexity index is 1230. The van der Waals surface area contributed by atoms with E-state index in [-0.39, 0.29) is 11.3 Å². The Labute approximate surface area is 202 Å². The van der Waals surface area contributed by atoms with E-state index in [2.05, 4.69) is 15.1 Å². The van der Waals surface area contributed by atoms with Crippen LogP contribution in [0.2, 0.25) is 0 Å². The number of nitrogens with one attached hydrogen (secondary N) is 1. The summed E-state index contributed by atoms with van der Waals surface area (Å²) >= 11 is 0. The van der Waals surface area contributed by atoms with Gasteiger partial charge in [-0.2, -0.15) is 4.98 Å². The second kappa shape index (κ2) is 9.83. The normalized spacial score (nSPS) is 17.4. The SMILES string of the molecule is O=C(O)c1ccc(Nc2nc(N3CCN(C4CCCCC4)CC3)nc3ccc([N+](=O)[O-])cc23)cc1. The van der Waals surface area contributed by atoms with Crippen molar-refractivity contribution in [1.82, 2.24) is 14.9 Å². The van der Waals surface area contributed by atoms with Crippen LogP contribution in [0, 0.1) is 10.1 Å². The van der Waals surface area contributed by atoms with Crippen LogP contribution in [-0.4, -0.2) is 63.1 Å². The van der Waals surface area contributed by atoms with Crippen molar-refractivity contribution in [2.24, 2.45) is 0 Å². The monoisotopic (exact) mass is 476 g/mol. The number of carboxylic acids is 1. The van der Waals surface area contributed by atoms with Crippen LogP contribution in [0.4, 0.5) is 23.1 Å². The van der Waals surface area contributed by atoms with Crippen molar-refractivity contribution in [3.8, 4) is 0 Å². The molecular formula is C25H28N6O4. The van der Waals surface area contributed by atoms with E-state index in [1.165, 1.54) is 56.4 Å². The van der Waals surface area contributed by atoms with Crippen LogP contribution in [0.15, 0.2) is 42.5 Å². The highest BCUT2D eigenvalue weighted by atomic mass is 16.6. The zero-order valence-electron chi connectivity index (χ0n) is 19.4. The van der Waals surface area contributed by atoms with Crippen LogP contribution in [0.1, 0.15) is 42.5 Å². The number of rotatable bonds is 6. The van der Waals surface area contributed by atoms with E-state index in [1.807, 2.05) is 0 Å². The minimum Gasteiger partial charge on any atom is -0.478 e. The summed E-state index contributed by atoms with van der Waals surface area (Å²) in [5.74, 6) is 0.0279. The molecule has 1 aromatic heterocycles. The molecule has 182 valence electrons. The van der Waals surface area contributed by atoms with E-state index in [1.54, 1.807) is 18.2 Å². The number of piperazine rings is 1. The van der Waals surface area contributed by atoms with Crippen molar-refractivity contribution in [3.05, 3.63) is 58.1 Å². The third-order valence-electron chi connectivity index (χ3n) is 6.96. The standard InChI is InChI=1S/C25H28N6O4/c32-24(33)17-6-8-18(9-7-17)26-23-21-16-20(31(34)35)10-11-22(21)27-25(28-23)30-14-12-29(13-15-30)19-4-2-1-3-5-19/h6-11,16,19H,1-5,12-15H2,(H,32,33)(H,26,27,28). The summed E-state index contributed by atoms with van der Waals surface area (Å²) in [6.07, 6.45) is 6.52. The average molecular weight is 477 g/mol. The number of aromatic nitrogens is 2. The molecule has 0 bridgehead atoms. The molecule has 35 heavy (non-hydrogen) atoms. The molecule has 2 heterocycles. The predicted octanol–water partition coefficient (Wildman–Crippen LogP) is 4.43. The number of hydrogen-bond donors (Lipinski definition) is 2. The Kier molecular flexibility index (Phi) is 6.45. The number of nitro benzene ring substituents is 1. The lowest BCUT2D eigenvalue weighted by Gasteiger charge is -2.40. The minimum atomic E-state index is -1.01. The van der Waals surface area contributed by atoms with E-state index in [4.69, 9.17) is 15.1 Å². The van der Waals surface area contributed by atoms with Gasteiger partial charge in [-0.1, -0.05) is 19.3 Å². The summed E-state index contributed by atoms with van der Waals surface area (Å²) in [6.45, 7) is 3.57. The number of hydrogen-bond acceptors (Lipinski definition) is 8. The fourth-order valence-corrected chi connectivity index (χ4v) is 5.02. The van der Waals surface area contributed by atoms with Crippen molar-refractivity contribution in [1.29, 1.82) is 0 Å². The maximum atomic E-state index is 11.4. The molecule has 2 aromatic carbocycles. The highest BCUT2D eigenvalue weighted by Crippen LogP contribution is 2.30. The maximum absolute atomic E-state index is 11.4. The molecule has 10 nitrogen and oxygen atoms in total. The number of carboxylic acid groups (broad SMARTS) is 1. The molecule has 0 spiro atoms.